The number of halogens is 4. The van der Waals surface area contributed by atoms with Gasteiger partial charge >= 0.3 is 12.1 Å². The highest BCUT2D eigenvalue weighted by molar-refractivity contribution is 6.25. The highest BCUT2D eigenvalue weighted by Gasteiger charge is 2.53. The van der Waals surface area contributed by atoms with Crippen LogP contribution in [0.1, 0.15) is 26.2 Å². The smallest absolute Gasteiger partial charge is 0.429 e. The molecule has 0 aliphatic carbocycles. The fourth-order valence-corrected chi connectivity index (χ4v) is 1.86. The van der Waals surface area contributed by atoms with E-state index in [2.05, 4.69) is 5.32 Å². The molecule has 1 aliphatic rings. The summed E-state index contributed by atoms with van der Waals surface area (Å²) in [4.78, 5) is 7.85. The van der Waals surface area contributed by atoms with E-state index >= 15 is 0 Å². The molecule has 1 heterocycles. The number of carbonyl (C=O) groups is 1. The molecule has 2 N–H and O–H groups in total. The van der Waals surface area contributed by atoms with Crippen LogP contribution in [0.25, 0.3) is 0 Å². The normalized spacial score (nSPS) is 23.2. The number of hydrogen-bond donors (Lipinski definition) is 2. The van der Waals surface area contributed by atoms with Crippen LogP contribution >= 0.6 is 11.6 Å². The van der Waals surface area contributed by atoms with Gasteiger partial charge in [0.1, 0.15) is 0 Å². The molecule has 0 spiro atoms. The van der Waals surface area contributed by atoms with Crippen molar-refractivity contribution in [2.24, 2.45) is 0 Å². The van der Waals surface area contributed by atoms with Crippen molar-refractivity contribution >= 4 is 17.6 Å². The van der Waals surface area contributed by atoms with Crippen molar-refractivity contribution in [2.45, 2.75) is 37.4 Å². The molecule has 1 aliphatic heterocycles. The van der Waals surface area contributed by atoms with Gasteiger partial charge < -0.3 is 10.4 Å². The van der Waals surface area contributed by atoms with Crippen molar-refractivity contribution in [3.63, 3.8) is 0 Å². The molecule has 0 saturated heterocycles. The van der Waals surface area contributed by atoms with Crippen LogP contribution in [0.15, 0.2) is 35.6 Å². The second kappa shape index (κ2) is 6.35. The topological polar surface area (TPSA) is 49.3 Å². The van der Waals surface area contributed by atoms with Crippen LogP contribution in [0.5, 0.6) is 0 Å². The predicted octanol–water partition coefficient (Wildman–Crippen LogP) is 3.73. The van der Waals surface area contributed by atoms with Gasteiger partial charge in [0.15, 0.2) is 0 Å². The molecule has 7 heteroatoms. The number of aliphatic carboxylic acids is 1. The molecule has 112 valence electrons. The highest BCUT2D eigenvalue weighted by Crippen LogP contribution is 2.39. The van der Waals surface area contributed by atoms with Crippen LogP contribution < -0.4 is 5.32 Å². The lowest BCUT2D eigenvalue weighted by Crippen LogP contribution is -2.51. The van der Waals surface area contributed by atoms with Gasteiger partial charge in [-0.05, 0) is 30.6 Å². The first-order valence-electron chi connectivity index (χ1n) is 6.07. The number of hydrogen-bond acceptors (Lipinski definition) is 2. The molecule has 0 aromatic rings. The number of allylic oxidation sites excluding steroid dienone is 4. The first-order chi connectivity index (χ1) is 9.19. The Morgan fingerprint density at radius 2 is 2.20 bits per heavy atom. The first-order valence-corrected chi connectivity index (χ1v) is 6.44. The molecule has 0 bridgehead atoms. The number of alkyl halides is 4. The van der Waals surface area contributed by atoms with E-state index in [0.29, 0.717) is 24.1 Å². The fourth-order valence-electron chi connectivity index (χ4n) is 1.68. The molecule has 20 heavy (non-hydrogen) atoms. The van der Waals surface area contributed by atoms with Gasteiger partial charge in [-0.3, -0.25) is 0 Å². The Morgan fingerprint density at radius 1 is 1.55 bits per heavy atom. The monoisotopic (exact) mass is 309 g/mol. The molecule has 3 nitrogen and oxygen atoms in total. The molecular formula is C13H15ClF3NO2. The Kier molecular flexibility index (Phi) is 5.28. The summed E-state index contributed by atoms with van der Waals surface area (Å²) in [5.41, 5.74) is 0.681. The average Bonchev–Trinajstić information content (AvgIpc) is 2.33. The van der Waals surface area contributed by atoms with Crippen molar-refractivity contribution in [1.82, 2.24) is 5.32 Å². The van der Waals surface area contributed by atoms with E-state index in [1.54, 1.807) is 0 Å². The molecule has 1 atom stereocenters. The van der Waals surface area contributed by atoms with E-state index in [4.69, 9.17) is 16.7 Å². The summed E-state index contributed by atoms with van der Waals surface area (Å²) in [6.07, 6.45) is 1.30. The van der Waals surface area contributed by atoms with Gasteiger partial charge in [0, 0.05) is 11.8 Å². The lowest BCUT2D eigenvalue weighted by Gasteiger charge is -2.33. The van der Waals surface area contributed by atoms with Crippen LogP contribution in [0.2, 0.25) is 0 Å². The number of nitrogens with one attached hydrogen (secondary N) is 1. The van der Waals surface area contributed by atoms with Gasteiger partial charge in [-0.25, -0.2) is 4.79 Å². The molecule has 0 radical (unpaired) electrons. The summed E-state index contributed by atoms with van der Waals surface area (Å²) in [5.74, 6) is -1.17. The van der Waals surface area contributed by atoms with Crippen molar-refractivity contribution < 1.29 is 23.1 Å². The lowest BCUT2D eigenvalue weighted by atomic mass is 10.0. The molecule has 1 unspecified atom stereocenters. The number of dihydropyridines is 1. The van der Waals surface area contributed by atoms with Crippen LogP contribution in [0, 0.1) is 0 Å². The number of rotatable bonds is 5. The zero-order chi connectivity index (χ0) is 15.4. The summed E-state index contributed by atoms with van der Waals surface area (Å²) in [7, 11) is 0. The fraction of sp³-hybridized carbons (Fsp3) is 0.462. The standard InChI is InChI=1S/C13H15ClF3NO2/c1-2-3-4-10-9(5-6-11(19)20)7-8-12(14,18-10)13(15,16)17/h5-8,18H,2-4H2,1H3,(H,19,20). The van der Waals surface area contributed by atoms with Crippen molar-refractivity contribution in [1.29, 1.82) is 0 Å². The second-order valence-electron chi connectivity index (χ2n) is 4.38. The van der Waals surface area contributed by atoms with E-state index < -0.39 is 17.1 Å². The second-order valence-corrected chi connectivity index (χ2v) is 4.97. The summed E-state index contributed by atoms with van der Waals surface area (Å²) >= 11 is 5.56. The van der Waals surface area contributed by atoms with Crippen molar-refractivity contribution in [2.75, 3.05) is 0 Å². The maximum Gasteiger partial charge on any atom is 0.429 e. The summed E-state index contributed by atoms with van der Waals surface area (Å²) < 4.78 is 38.6. The van der Waals surface area contributed by atoms with E-state index in [1.807, 2.05) is 6.92 Å². The summed E-state index contributed by atoms with van der Waals surface area (Å²) in [6.45, 7) is 1.91. The Labute approximate surface area is 119 Å². The van der Waals surface area contributed by atoms with E-state index in [1.165, 1.54) is 12.2 Å². The third-order valence-electron chi connectivity index (χ3n) is 2.77. The van der Waals surface area contributed by atoms with E-state index in [0.717, 1.165) is 18.6 Å². The van der Waals surface area contributed by atoms with Crippen molar-refractivity contribution in [3.8, 4) is 0 Å². The van der Waals surface area contributed by atoms with Gasteiger partial charge in [-0.1, -0.05) is 31.0 Å². The highest BCUT2D eigenvalue weighted by atomic mass is 35.5. The van der Waals surface area contributed by atoms with Crippen LogP contribution in [0.4, 0.5) is 13.2 Å². The third kappa shape index (κ3) is 4.03. The zero-order valence-electron chi connectivity index (χ0n) is 10.8. The Hall–Kier alpha value is -1.43. The number of unbranched alkanes of at least 4 members (excludes halogenated alkanes) is 1. The van der Waals surface area contributed by atoms with Crippen LogP contribution in [0.3, 0.4) is 0 Å². The molecule has 0 aromatic heterocycles. The molecule has 1 rings (SSSR count). The maximum absolute atomic E-state index is 12.9. The lowest BCUT2D eigenvalue weighted by molar-refractivity contribution is -0.156. The minimum Gasteiger partial charge on any atom is -0.478 e. The minimum absolute atomic E-state index is 0.291. The van der Waals surface area contributed by atoms with Crippen LogP contribution in [-0.4, -0.2) is 22.3 Å². The predicted molar refractivity (Wildman–Crippen MR) is 70.2 cm³/mol. The number of carboxylic acids is 1. The SMILES string of the molecule is CCCCC1=C(C=CC(=O)O)C=CC(Cl)(C(F)(F)F)N1. The first kappa shape index (κ1) is 16.6. The Balaban J connectivity index is 3.06. The molecule has 0 saturated carbocycles. The van der Waals surface area contributed by atoms with Gasteiger partial charge in [0.05, 0.1) is 0 Å². The van der Waals surface area contributed by atoms with E-state index in [-0.39, 0.29) is 0 Å². The largest absolute Gasteiger partial charge is 0.478 e. The van der Waals surface area contributed by atoms with Gasteiger partial charge in [-0.2, -0.15) is 13.2 Å². The quantitative estimate of drug-likeness (QED) is 0.462. The average molecular weight is 310 g/mol. The van der Waals surface area contributed by atoms with Gasteiger partial charge in [0.2, 0.25) is 5.00 Å². The van der Waals surface area contributed by atoms with Gasteiger partial charge in [-0.15, -0.1) is 0 Å². The molecule has 0 fully saturated rings. The summed E-state index contributed by atoms with van der Waals surface area (Å²) in [5, 5.41) is 10.8. The number of carboxylic acid groups (broad SMARTS) is 1. The Morgan fingerprint density at radius 3 is 2.70 bits per heavy atom. The zero-order valence-corrected chi connectivity index (χ0v) is 11.6. The summed E-state index contributed by atoms with van der Waals surface area (Å²) in [6, 6.07) is 0. The minimum atomic E-state index is -4.65. The van der Waals surface area contributed by atoms with E-state index in [9.17, 15) is 18.0 Å². The molecule has 0 amide bonds. The molecular weight excluding hydrogens is 295 g/mol. The maximum atomic E-state index is 12.9. The van der Waals surface area contributed by atoms with Crippen LogP contribution in [-0.2, 0) is 4.79 Å². The third-order valence-corrected chi connectivity index (χ3v) is 3.21. The molecule has 0 aromatic carbocycles. The Bertz CT molecular complexity index is 469. The van der Waals surface area contributed by atoms with Gasteiger partial charge in [0.25, 0.3) is 0 Å². The van der Waals surface area contributed by atoms with Crippen molar-refractivity contribution in [3.05, 3.63) is 35.6 Å².